The highest BCUT2D eigenvalue weighted by molar-refractivity contribution is 6.36. The van der Waals surface area contributed by atoms with Gasteiger partial charge < -0.3 is 14.2 Å². The molecule has 0 radical (unpaired) electrons. The van der Waals surface area contributed by atoms with Crippen molar-refractivity contribution in [2.45, 2.75) is 37.6 Å². The Bertz CT molecular complexity index is 1270. The van der Waals surface area contributed by atoms with E-state index in [1.807, 2.05) is 24.3 Å². The van der Waals surface area contributed by atoms with E-state index in [2.05, 4.69) is 9.47 Å². The second kappa shape index (κ2) is 7.28. The number of hydrogen-bond donors (Lipinski definition) is 0. The largest absolute Gasteiger partial charge is 0.468 e. The summed E-state index contributed by atoms with van der Waals surface area (Å²) < 4.78 is 7.51. The Labute approximate surface area is 201 Å². The number of esters is 1. The smallest absolute Gasteiger partial charge is 0.316 e. The van der Waals surface area contributed by atoms with E-state index < -0.39 is 5.41 Å². The van der Waals surface area contributed by atoms with Crippen LogP contribution in [0.2, 0.25) is 15.1 Å². The predicted molar refractivity (Wildman–Crippen MR) is 127 cm³/mol. The maximum atomic E-state index is 13.1. The molecule has 0 N–H and O–H groups in total. The van der Waals surface area contributed by atoms with Gasteiger partial charge in [0.2, 0.25) is 5.95 Å². The molecule has 2 unspecified atom stereocenters. The van der Waals surface area contributed by atoms with E-state index in [9.17, 15) is 4.79 Å². The zero-order chi connectivity index (χ0) is 22.2. The quantitative estimate of drug-likeness (QED) is 0.398. The van der Waals surface area contributed by atoms with Crippen LogP contribution < -0.4 is 4.90 Å². The third-order valence-electron chi connectivity index (χ3n) is 7.27. The minimum atomic E-state index is -0.601. The summed E-state index contributed by atoms with van der Waals surface area (Å²) in [6.45, 7) is 1.58. The molecule has 5 nitrogen and oxygen atoms in total. The Balaban J connectivity index is 1.56. The first-order valence-corrected chi connectivity index (χ1v) is 12.1. The van der Waals surface area contributed by atoms with Gasteiger partial charge in [-0.2, -0.15) is 0 Å². The average molecular weight is 491 g/mol. The molecule has 32 heavy (non-hydrogen) atoms. The Morgan fingerprint density at radius 2 is 1.94 bits per heavy atom. The van der Waals surface area contributed by atoms with Gasteiger partial charge >= 0.3 is 5.97 Å². The van der Waals surface area contributed by atoms with Gasteiger partial charge in [-0.25, -0.2) is 4.98 Å². The molecule has 1 aromatic heterocycles. The second-order valence-electron chi connectivity index (χ2n) is 9.07. The summed E-state index contributed by atoms with van der Waals surface area (Å²) in [4.78, 5) is 20.2. The first-order chi connectivity index (χ1) is 15.5. The highest BCUT2D eigenvalue weighted by atomic mass is 35.5. The van der Waals surface area contributed by atoms with Crippen molar-refractivity contribution in [2.24, 2.45) is 11.8 Å². The molecule has 3 aromatic rings. The summed E-state index contributed by atoms with van der Waals surface area (Å²) >= 11 is 19.3. The number of carbonyl (C=O) groups is 1. The predicted octanol–water partition coefficient (Wildman–Crippen LogP) is 6.38. The average Bonchev–Trinajstić information content (AvgIpc) is 3.69. The van der Waals surface area contributed by atoms with Crippen molar-refractivity contribution in [3.63, 3.8) is 0 Å². The monoisotopic (exact) mass is 489 g/mol. The maximum Gasteiger partial charge on any atom is 0.316 e. The molecule has 2 aliphatic carbocycles. The first kappa shape index (κ1) is 20.6. The van der Waals surface area contributed by atoms with E-state index in [-0.39, 0.29) is 5.97 Å². The molecule has 0 saturated heterocycles. The van der Waals surface area contributed by atoms with Crippen molar-refractivity contribution in [3.8, 4) is 0 Å². The summed E-state index contributed by atoms with van der Waals surface area (Å²) in [6, 6.07) is 9.37. The molecule has 2 aromatic carbocycles. The third-order valence-corrected chi connectivity index (χ3v) is 8.11. The number of carbonyl (C=O) groups excluding carboxylic acids is 1. The van der Waals surface area contributed by atoms with E-state index in [0.717, 1.165) is 54.2 Å². The summed E-state index contributed by atoms with van der Waals surface area (Å²) in [5.74, 6) is 1.57. The summed E-state index contributed by atoms with van der Waals surface area (Å²) in [6.07, 6.45) is 4.12. The molecule has 166 valence electrons. The second-order valence-corrected chi connectivity index (χ2v) is 10.3. The SMILES string of the molecule is COC(=O)C1(c2ccc(Cl)c3nc4n(c23)CCCN4c2ccc(Cl)cc2Cl)CC1C1CC1. The van der Waals surface area contributed by atoms with Crippen LogP contribution >= 0.6 is 34.8 Å². The van der Waals surface area contributed by atoms with E-state index >= 15 is 0 Å². The molecule has 2 heterocycles. The number of methoxy groups -OCH3 is 1. The van der Waals surface area contributed by atoms with Gasteiger partial charge in [0, 0.05) is 18.1 Å². The number of rotatable bonds is 4. The fourth-order valence-electron chi connectivity index (χ4n) is 5.58. The highest BCUT2D eigenvalue weighted by Crippen LogP contribution is 2.65. The number of hydrogen-bond acceptors (Lipinski definition) is 4. The van der Waals surface area contributed by atoms with Crippen LogP contribution in [0.3, 0.4) is 0 Å². The van der Waals surface area contributed by atoms with Crippen LogP contribution in [0.15, 0.2) is 30.3 Å². The molecule has 2 atom stereocenters. The number of halogens is 3. The van der Waals surface area contributed by atoms with E-state index in [1.54, 1.807) is 6.07 Å². The standard InChI is InChI=1S/C24H22Cl3N3O2/c1-32-22(31)24(12-16(24)13-3-4-13)15-6-7-17(26)20-21(15)30-10-2-9-29(23(30)28-20)19-8-5-14(25)11-18(19)27/h5-8,11,13,16H,2-4,9-10,12H2,1H3. The van der Waals surface area contributed by atoms with Crippen molar-refractivity contribution in [1.29, 1.82) is 0 Å². The van der Waals surface area contributed by atoms with Gasteiger partial charge in [0.25, 0.3) is 0 Å². The van der Waals surface area contributed by atoms with Gasteiger partial charge in [0.15, 0.2) is 0 Å². The molecule has 2 saturated carbocycles. The minimum absolute atomic E-state index is 0.151. The highest BCUT2D eigenvalue weighted by Gasteiger charge is 2.67. The van der Waals surface area contributed by atoms with E-state index in [4.69, 9.17) is 44.5 Å². The van der Waals surface area contributed by atoms with Gasteiger partial charge in [-0.1, -0.05) is 40.9 Å². The van der Waals surface area contributed by atoms with Crippen molar-refractivity contribution in [1.82, 2.24) is 9.55 Å². The Morgan fingerprint density at radius 3 is 2.66 bits per heavy atom. The first-order valence-electron chi connectivity index (χ1n) is 11.0. The Hall–Kier alpha value is -1.95. The van der Waals surface area contributed by atoms with Crippen molar-refractivity contribution >= 4 is 63.4 Å². The van der Waals surface area contributed by atoms with Gasteiger partial charge in [0.05, 0.1) is 33.8 Å². The molecule has 2 fully saturated rings. The van der Waals surface area contributed by atoms with Crippen molar-refractivity contribution in [2.75, 3.05) is 18.6 Å². The van der Waals surface area contributed by atoms with Crippen LogP contribution in [0.1, 0.15) is 31.2 Å². The van der Waals surface area contributed by atoms with Gasteiger partial charge in [-0.15, -0.1) is 0 Å². The Kier molecular flexibility index (Phi) is 4.69. The van der Waals surface area contributed by atoms with Crippen LogP contribution in [0.5, 0.6) is 0 Å². The summed E-state index contributed by atoms with van der Waals surface area (Å²) in [5.41, 5.74) is 2.91. The molecule has 8 heteroatoms. The zero-order valence-electron chi connectivity index (χ0n) is 17.6. The minimum Gasteiger partial charge on any atom is -0.468 e. The molecule has 0 bridgehead atoms. The topological polar surface area (TPSA) is 47.4 Å². The molecular formula is C24H22Cl3N3O2. The van der Waals surface area contributed by atoms with Gasteiger partial charge in [0.1, 0.15) is 5.52 Å². The van der Waals surface area contributed by atoms with Crippen LogP contribution in [0.25, 0.3) is 11.0 Å². The van der Waals surface area contributed by atoms with Crippen LogP contribution in [0.4, 0.5) is 11.6 Å². The summed E-state index contributed by atoms with van der Waals surface area (Å²) in [5, 5.41) is 1.75. The van der Waals surface area contributed by atoms with Crippen LogP contribution in [0, 0.1) is 11.8 Å². The number of aromatic nitrogens is 2. The molecular weight excluding hydrogens is 469 g/mol. The molecule has 0 amide bonds. The number of aryl methyl sites for hydroxylation is 1. The number of fused-ring (bicyclic) bond motifs is 3. The van der Waals surface area contributed by atoms with Gasteiger partial charge in [-0.05, 0) is 67.3 Å². The van der Waals surface area contributed by atoms with Crippen LogP contribution in [-0.2, 0) is 21.5 Å². The number of anilines is 2. The van der Waals surface area contributed by atoms with Gasteiger partial charge in [-0.3, -0.25) is 4.79 Å². The fraction of sp³-hybridized carbons (Fsp3) is 0.417. The Morgan fingerprint density at radius 1 is 1.12 bits per heavy atom. The molecule has 6 rings (SSSR count). The molecule has 0 spiro atoms. The van der Waals surface area contributed by atoms with Crippen LogP contribution in [-0.4, -0.2) is 29.2 Å². The lowest BCUT2D eigenvalue weighted by Crippen LogP contribution is -2.29. The van der Waals surface area contributed by atoms with Crippen molar-refractivity contribution < 1.29 is 9.53 Å². The third kappa shape index (κ3) is 2.91. The number of nitrogens with zero attached hydrogens (tertiary/aromatic N) is 3. The number of benzene rings is 2. The molecule has 3 aliphatic rings. The number of imidazole rings is 1. The maximum absolute atomic E-state index is 13.1. The van der Waals surface area contributed by atoms with E-state index in [0.29, 0.717) is 26.9 Å². The lowest BCUT2D eigenvalue weighted by Gasteiger charge is -2.30. The van der Waals surface area contributed by atoms with E-state index in [1.165, 1.54) is 20.0 Å². The molecule has 1 aliphatic heterocycles. The van der Waals surface area contributed by atoms with Crippen molar-refractivity contribution in [3.05, 3.63) is 51.0 Å². The number of ether oxygens (including phenoxy) is 1. The summed E-state index contributed by atoms with van der Waals surface area (Å²) in [7, 11) is 1.48. The lowest BCUT2D eigenvalue weighted by molar-refractivity contribution is -0.144. The zero-order valence-corrected chi connectivity index (χ0v) is 19.8. The fourth-order valence-corrected chi connectivity index (χ4v) is 6.29. The normalized spacial score (nSPS) is 24.5. The lowest BCUT2D eigenvalue weighted by atomic mass is 9.90.